The van der Waals surface area contributed by atoms with E-state index < -0.39 is 17.5 Å². The largest absolute Gasteiger partial charge is 0.433 e. The molecule has 0 radical (unpaired) electrons. The third-order valence-corrected chi connectivity index (χ3v) is 4.50. The van der Waals surface area contributed by atoms with Gasteiger partial charge in [0.1, 0.15) is 11.5 Å². The van der Waals surface area contributed by atoms with Crippen molar-refractivity contribution < 1.29 is 18.0 Å². The van der Waals surface area contributed by atoms with E-state index in [0.29, 0.717) is 5.52 Å². The second-order valence-electron chi connectivity index (χ2n) is 6.49. The number of hydrogen-bond acceptors (Lipinski definition) is 5. The number of nitrogens with two attached hydrogens (primary N) is 1. The number of carbonyl (C=O) groups excluding carboxylic acids is 1. The number of nitrogens with zero attached hydrogens (tertiary/aromatic N) is 2. The van der Waals surface area contributed by atoms with Crippen molar-refractivity contribution >= 4 is 34.2 Å². The molecule has 1 aliphatic carbocycles. The molecule has 7 nitrogen and oxygen atoms in total. The Morgan fingerprint density at radius 3 is 2.61 bits per heavy atom. The molecule has 0 aliphatic heterocycles. The van der Waals surface area contributed by atoms with Gasteiger partial charge in [-0.25, -0.2) is 9.78 Å². The molecule has 1 aliphatic rings. The lowest BCUT2D eigenvalue weighted by molar-refractivity contribution is -0.0578. The van der Waals surface area contributed by atoms with Crippen molar-refractivity contribution in [3.05, 3.63) is 36.2 Å². The Morgan fingerprint density at radius 2 is 1.96 bits per heavy atom. The number of pyridine rings is 2. The molecular formula is C18H19F3N6O. The number of aromatic nitrogens is 2. The van der Waals surface area contributed by atoms with Crippen LogP contribution in [-0.4, -0.2) is 33.9 Å². The Morgan fingerprint density at radius 1 is 1.25 bits per heavy atom. The average molecular weight is 392 g/mol. The van der Waals surface area contributed by atoms with Crippen LogP contribution >= 0.6 is 0 Å². The Bertz CT molecular complexity index is 935. The lowest BCUT2D eigenvalue weighted by Gasteiger charge is -2.13. The zero-order valence-electron chi connectivity index (χ0n) is 14.8. The van der Waals surface area contributed by atoms with Gasteiger partial charge in [0, 0.05) is 29.6 Å². The molecule has 28 heavy (non-hydrogen) atoms. The second-order valence-corrected chi connectivity index (χ2v) is 6.49. The highest BCUT2D eigenvalue weighted by atomic mass is 19.4. The van der Waals surface area contributed by atoms with Crippen molar-refractivity contribution in [2.24, 2.45) is 5.73 Å². The first kappa shape index (κ1) is 19.6. The van der Waals surface area contributed by atoms with E-state index in [1.54, 1.807) is 12.1 Å². The van der Waals surface area contributed by atoms with Gasteiger partial charge in [-0.2, -0.15) is 13.2 Å². The van der Waals surface area contributed by atoms with Crippen molar-refractivity contribution in [3.8, 4) is 0 Å². The van der Waals surface area contributed by atoms with Gasteiger partial charge in [0.05, 0.1) is 11.0 Å². The summed E-state index contributed by atoms with van der Waals surface area (Å²) in [6, 6.07) is 4.25. The summed E-state index contributed by atoms with van der Waals surface area (Å²) in [7, 11) is 0. The van der Waals surface area contributed by atoms with E-state index in [4.69, 9.17) is 11.1 Å². The quantitative estimate of drug-likeness (QED) is 0.595. The number of amides is 2. The number of fused-ring (bicyclic) bond motifs is 1. The number of urea groups is 1. The molecule has 0 saturated heterocycles. The molecule has 10 heteroatoms. The van der Waals surface area contributed by atoms with Crippen LogP contribution < -0.4 is 16.4 Å². The van der Waals surface area contributed by atoms with Gasteiger partial charge in [0.25, 0.3) is 0 Å². The molecule has 3 rings (SSSR count). The van der Waals surface area contributed by atoms with Crippen molar-refractivity contribution in [3.63, 3.8) is 0 Å². The topological polar surface area (TPSA) is 117 Å². The fourth-order valence-electron chi connectivity index (χ4n) is 3.11. The lowest BCUT2D eigenvalue weighted by atomic mass is 10.0. The van der Waals surface area contributed by atoms with E-state index in [1.165, 1.54) is 12.3 Å². The first-order valence-electron chi connectivity index (χ1n) is 8.70. The fourth-order valence-corrected chi connectivity index (χ4v) is 3.11. The minimum absolute atomic E-state index is 0.0115. The van der Waals surface area contributed by atoms with Gasteiger partial charge in [-0.15, -0.1) is 0 Å². The average Bonchev–Trinajstić information content (AvgIpc) is 3.14. The summed E-state index contributed by atoms with van der Waals surface area (Å²) in [4.78, 5) is 20.4. The zero-order valence-corrected chi connectivity index (χ0v) is 14.8. The number of rotatable bonds is 4. The molecule has 2 heterocycles. The molecular weight excluding hydrogens is 373 g/mol. The number of anilines is 1. The summed E-state index contributed by atoms with van der Waals surface area (Å²) in [6.07, 6.45) is 1.11. The van der Waals surface area contributed by atoms with Crippen molar-refractivity contribution in [1.29, 1.82) is 5.41 Å². The standard InChI is InChI=1S/C18H19F3N6O/c19-18(20,21)16(23)12(8-22)10-7-14-13(24-9-10)5-6-15(26-14)27-17(28)25-11-3-1-2-4-11/h5-9,11,23H,1-4,22H2,(H2,25,26,27,28)/b12-8-,23-16?. The third-order valence-electron chi connectivity index (χ3n) is 4.50. The predicted molar refractivity (Wildman–Crippen MR) is 99.9 cm³/mol. The highest BCUT2D eigenvalue weighted by Crippen LogP contribution is 2.27. The molecule has 148 valence electrons. The van der Waals surface area contributed by atoms with E-state index in [1.807, 2.05) is 0 Å². The monoisotopic (exact) mass is 392 g/mol. The molecule has 0 spiro atoms. The maximum atomic E-state index is 12.8. The van der Waals surface area contributed by atoms with Crippen molar-refractivity contribution in [2.45, 2.75) is 37.9 Å². The second kappa shape index (κ2) is 7.83. The number of carbonyl (C=O) groups is 1. The molecule has 0 atom stereocenters. The molecule has 1 fully saturated rings. The Balaban J connectivity index is 1.82. The normalized spacial score (nSPS) is 15.6. The molecule has 1 saturated carbocycles. The van der Waals surface area contributed by atoms with Crippen LogP contribution in [0.1, 0.15) is 31.2 Å². The first-order chi connectivity index (χ1) is 13.3. The van der Waals surface area contributed by atoms with E-state index in [2.05, 4.69) is 20.6 Å². The summed E-state index contributed by atoms with van der Waals surface area (Å²) < 4.78 is 38.5. The van der Waals surface area contributed by atoms with Gasteiger partial charge in [-0.3, -0.25) is 15.7 Å². The molecule has 2 amide bonds. The number of alkyl halides is 3. The molecule has 0 unspecified atom stereocenters. The van der Waals surface area contributed by atoms with Crippen LogP contribution in [0.15, 0.2) is 30.6 Å². The maximum Gasteiger partial charge on any atom is 0.433 e. The third kappa shape index (κ3) is 4.38. The van der Waals surface area contributed by atoms with Crippen LogP contribution in [0.25, 0.3) is 16.6 Å². The maximum absolute atomic E-state index is 12.8. The molecule has 5 N–H and O–H groups in total. The van der Waals surface area contributed by atoms with Crippen LogP contribution in [0, 0.1) is 5.41 Å². The number of nitrogens with one attached hydrogen (secondary N) is 3. The van der Waals surface area contributed by atoms with Crippen molar-refractivity contribution in [2.75, 3.05) is 5.32 Å². The zero-order chi connectivity index (χ0) is 20.3. The van der Waals surface area contributed by atoms with E-state index in [-0.39, 0.29) is 29.0 Å². The van der Waals surface area contributed by atoms with Gasteiger partial charge in [-0.05, 0) is 31.0 Å². The predicted octanol–water partition coefficient (Wildman–Crippen LogP) is 3.58. The lowest BCUT2D eigenvalue weighted by Crippen LogP contribution is -2.36. The van der Waals surface area contributed by atoms with E-state index in [0.717, 1.165) is 31.9 Å². The summed E-state index contributed by atoms with van der Waals surface area (Å²) in [5.41, 5.74) is 3.95. The van der Waals surface area contributed by atoms with Crippen LogP contribution in [0.5, 0.6) is 0 Å². The summed E-state index contributed by atoms with van der Waals surface area (Å²) in [6.45, 7) is 0. The van der Waals surface area contributed by atoms with E-state index >= 15 is 0 Å². The van der Waals surface area contributed by atoms with Gasteiger partial charge in [-0.1, -0.05) is 12.8 Å². The Hall–Kier alpha value is -3.17. The van der Waals surface area contributed by atoms with Crippen LogP contribution in [0.2, 0.25) is 0 Å². The highest BCUT2D eigenvalue weighted by Gasteiger charge is 2.37. The van der Waals surface area contributed by atoms with Gasteiger partial charge in [0.2, 0.25) is 0 Å². The smallest absolute Gasteiger partial charge is 0.404 e. The summed E-state index contributed by atoms with van der Waals surface area (Å²) in [5, 5.41) is 12.8. The first-order valence-corrected chi connectivity index (χ1v) is 8.70. The SMILES string of the molecule is N=C(/C(=C\N)c1cnc2ccc(NC(=O)NC3CCCC3)nc2c1)C(F)(F)F. The number of hydrogen-bond donors (Lipinski definition) is 4. The molecule has 0 aromatic carbocycles. The fraction of sp³-hybridized carbons (Fsp3) is 0.333. The van der Waals surface area contributed by atoms with E-state index in [9.17, 15) is 18.0 Å². The highest BCUT2D eigenvalue weighted by molar-refractivity contribution is 6.25. The van der Waals surface area contributed by atoms with Crippen LogP contribution in [0.3, 0.4) is 0 Å². The minimum atomic E-state index is -4.84. The van der Waals surface area contributed by atoms with Gasteiger partial charge in [0.15, 0.2) is 0 Å². The van der Waals surface area contributed by atoms with Crippen LogP contribution in [0.4, 0.5) is 23.8 Å². The summed E-state index contributed by atoms with van der Waals surface area (Å²) in [5.74, 6) is 0.242. The number of allylic oxidation sites excluding steroid dienone is 1. The Labute approximate surface area is 158 Å². The van der Waals surface area contributed by atoms with Crippen molar-refractivity contribution in [1.82, 2.24) is 15.3 Å². The molecule has 0 bridgehead atoms. The Kier molecular flexibility index (Phi) is 5.48. The summed E-state index contributed by atoms with van der Waals surface area (Å²) >= 11 is 0. The molecule has 2 aromatic heterocycles. The van der Waals surface area contributed by atoms with Gasteiger partial charge >= 0.3 is 12.2 Å². The molecule has 2 aromatic rings. The number of halogens is 3. The van der Waals surface area contributed by atoms with Gasteiger partial charge < -0.3 is 11.1 Å². The van der Waals surface area contributed by atoms with Crippen LogP contribution in [-0.2, 0) is 0 Å². The minimum Gasteiger partial charge on any atom is -0.404 e.